The molecule has 1 heterocycles. The smallest absolute Gasteiger partial charge is 0.307 e. The van der Waals surface area contributed by atoms with Crippen molar-refractivity contribution in [1.82, 2.24) is 0 Å². The van der Waals surface area contributed by atoms with E-state index in [1.807, 2.05) is 0 Å². The summed E-state index contributed by atoms with van der Waals surface area (Å²) in [6.07, 6.45) is -0.00264. The molecule has 1 aromatic rings. The number of carboxylic acids is 1. The Labute approximate surface area is 98.6 Å². The van der Waals surface area contributed by atoms with Gasteiger partial charge in [0.2, 0.25) is 0 Å². The maximum atomic E-state index is 11.6. The van der Waals surface area contributed by atoms with Gasteiger partial charge in [-0.05, 0) is 17.7 Å². The largest absolute Gasteiger partial charge is 0.481 e. The molecular formula is C12H13NO4. The van der Waals surface area contributed by atoms with Crippen LogP contribution in [-0.2, 0) is 20.7 Å². The Balaban J connectivity index is 2.11. The number of nitrogens with zero attached hydrogens (tertiary/aromatic N) is 1. The van der Waals surface area contributed by atoms with E-state index in [9.17, 15) is 9.59 Å². The summed E-state index contributed by atoms with van der Waals surface area (Å²) >= 11 is 0. The highest BCUT2D eigenvalue weighted by Gasteiger charge is 2.19. The number of carbonyl (C=O) groups excluding carboxylic acids is 1. The van der Waals surface area contributed by atoms with E-state index in [0.717, 1.165) is 11.3 Å². The molecule has 1 aliphatic heterocycles. The predicted octanol–water partition coefficient (Wildman–Crippen LogP) is 0.677. The van der Waals surface area contributed by atoms with Gasteiger partial charge >= 0.3 is 5.97 Å². The van der Waals surface area contributed by atoms with Gasteiger partial charge in [0, 0.05) is 12.2 Å². The first-order valence-corrected chi connectivity index (χ1v) is 5.35. The molecule has 17 heavy (non-hydrogen) atoms. The number of amides is 1. The Hall–Kier alpha value is -1.88. The van der Waals surface area contributed by atoms with Crippen LogP contribution in [0.1, 0.15) is 5.56 Å². The van der Waals surface area contributed by atoms with Gasteiger partial charge in [-0.25, -0.2) is 0 Å². The number of hydrogen-bond donors (Lipinski definition) is 1. The highest BCUT2D eigenvalue weighted by molar-refractivity contribution is 5.94. The lowest BCUT2D eigenvalue weighted by molar-refractivity contribution is -0.136. The minimum Gasteiger partial charge on any atom is -0.481 e. The van der Waals surface area contributed by atoms with Gasteiger partial charge in [-0.3, -0.25) is 9.59 Å². The van der Waals surface area contributed by atoms with Gasteiger partial charge in [0.15, 0.2) is 0 Å². The Bertz CT molecular complexity index is 427. The van der Waals surface area contributed by atoms with Crippen LogP contribution >= 0.6 is 0 Å². The maximum absolute atomic E-state index is 11.6. The van der Waals surface area contributed by atoms with Crippen LogP contribution in [0.3, 0.4) is 0 Å². The Kier molecular flexibility index (Phi) is 3.39. The van der Waals surface area contributed by atoms with E-state index in [1.54, 1.807) is 29.2 Å². The molecule has 0 saturated carbocycles. The normalized spacial score (nSPS) is 16.0. The van der Waals surface area contributed by atoms with Crippen molar-refractivity contribution in [2.24, 2.45) is 0 Å². The molecule has 0 aliphatic carbocycles. The van der Waals surface area contributed by atoms with Crippen LogP contribution in [0.5, 0.6) is 0 Å². The second-order valence-electron chi connectivity index (χ2n) is 3.83. The standard InChI is InChI=1S/C12H13NO4/c14-11-8-17-6-5-13(11)10-3-1-9(2-4-10)7-12(15)16/h1-4H,5-8H2,(H,15,16). The lowest BCUT2D eigenvalue weighted by atomic mass is 10.1. The summed E-state index contributed by atoms with van der Waals surface area (Å²) in [6.45, 7) is 1.18. The summed E-state index contributed by atoms with van der Waals surface area (Å²) in [5.41, 5.74) is 1.51. The zero-order valence-electron chi connectivity index (χ0n) is 9.26. The van der Waals surface area contributed by atoms with Gasteiger partial charge in [0.25, 0.3) is 5.91 Å². The van der Waals surface area contributed by atoms with E-state index in [0.29, 0.717) is 13.2 Å². The average molecular weight is 235 g/mol. The molecule has 1 aromatic carbocycles. The lowest BCUT2D eigenvalue weighted by Crippen LogP contribution is -2.41. The first kappa shape index (κ1) is 11.6. The van der Waals surface area contributed by atoms with Crippen LogP contribution < -0.4 is 4.90 Å². The highest BCUT2D eigenvalue weighted by Crippen LogP contribution is 2.17. The Morgan fingerprint density at radius 2 is 2.06 bits per heavy atom. The molecule has 1 aliphatic rings. The monoisotopic (exact) mass is 235 g/mol. The summed E-state index contributed by atoms with van der Waals surface area (Å²) in [7, 11) is 0. The van der Waals surface area contributed by atoms with E-state index < -0.39 is 5.97 Å². The quantitative estimate of drug-likeness (QED) is 0.836. The lowest BCUT2D eigenvalue weighted by Gasteiger charge is -2.26. The van der Waals surface area contributed by atoms with Crippen molar-refractivity contribution in [1.29, 1.82) is 0 Å². The van der Waals surface area contributed by atoms with Crippen molar-refractivity contribution in [3.05, 3.63) is 29.8 Å². The number of morpholine rings is 1. The number of aliphatic carboxylic acids is 1. The average Bonchev–Trinajstić information content (AvgIpc) is 2.30. The number of rotatable bonds is 3. The molecule has 0 atom stereocenters. The molecule has 0 bridgehead atoms. The van der Waals surface area contributed by atoms with Crippen LogP contribution in [0.25, 0.3) is 0 Å². The predicted molar refractivity (Wildman–Crippen MR) is 61.0 cm³/mol. The Morgan fingerprint density at radius 1 is 1.35 bits per heavy atom. The molecule has 1 saturated heterocycles. The summed E-state index contributed by atoms with van der Waals surface area (Å²) in [4.78, 5) is 23.7. The van der Waals surface area contributed by atoms with Gasteiger partial charge < -0.3 is 14.7 Å². The fraction of sp³-hybridized carbons (Fsp3) is 0.333. The van der Waals surface area contributed by atoms with E-state index in [-0.39, 0.29) is 18.9 Å². The molecule has 0 radical (unpaired) electrons. The van der Waals surface area contributed by atoms with Crippen molar-refractivity contribution in [2.75, 3.05) is 24.7 Å². The fourth-order valence-corrected chi connectivity index (χ4v) is 1.76. The molecule has 5 heteroatoms. The molecule has 1 N–H and O–H groups in total. The van der Waals surface area contributed by atoms with E-state index in [2.05, 4.69) is 0 Å². The molecule has 1 fully saturated rings. The van der Waals surface area contributed by atoms with E-state index in [4.69, 9.17) is 9.84 Å². The van der Waals surface area contributed by atoms with Crippen LogP contribution in [0.2, 0.25) is 0 Å². The van der Waals surface area contributed by atoms with Crippen LogP contribution in [0.15, 0.2) is 24.3 Å². The second kappa shape index (κ2) is 4.97. The second-order valence-corrected chi connectivity index (χ2v) is 3.83. The third kappa shape index (κ3) is 2.82. The zero-order chi connectivity index (χ0) is 12.3. The molecule has 2 rings (SSSR count). The highest BCUT2D eigenvalue weighted by atomic mass is 16.5. The topological polar surface area (TPSA) is 66.8 Å². The zero-order valence-corrected chi connectivity index (χ0v) is 9.26. The molecule has 0 unspecified atom stereocenters. The van der Waals surface area contributed by atoms with Gasteiger partial charge in [-0.2, -0.15) is 0 Å². The van der Waals surface area contributed by atoms with Crippen molar-refractivity contribution in [2.45, 2.75) is 6.42 Å². The minimum atomic E-state index is -0.861. The number of anilines is 1. The first-order chi connectivity index (χ1) is 8.16. The van der Waals surface area contributed by atoms with Crippen LogP contribution in [0, 0.1) is 0 Å². The van der Waals surface area contributed by atoms with Crippen molar-refractivity contribution in [3.8, 4) is 0 Å². The van der Waals surface area contributed by atoms with Gasteiger partial charge in [0.1, 0.15) is 6.61 Å². The van der Waals surface area contributed by atoms with Crippen molar-refractivity contribution >= 4 is 17.6 Å². The summed E-state index contributed by atoms with van der Waals surface area (Å²) in [5.74, 6) is -0.928. The minimum absolute atomic E-state index is 0.00264. The van der Waals surface area contributed by atoms with Crippen molar-refractivity contribution < 1.29 is 19.4 Å². The van der Waals surface area contributed by atoms with Crippen LogP contribution in [-0.4, -0.2) is 36.7 Å². The van der Waals surface area contributed by atoms with Crippen LogP contribution in [0.4, 0.5) is 5.69 Å². The molecule has 0 aromatic heterocycles. The Morgan fingerprint density at radius 3 is 2.65 bits per heavy atom. The summed E-state index contributed by atoms with van der Waals surface area (Å²) in [5, 5.41) is 8.65. The third-order valence-electron chi connectivity index (χ3n) is 2.59. The van der Waals surface area contributed by atoms with Crippen molar-refractivity contribution in [3.63, 3.8) is 0 Å². The van der Waals surface area contributed by atoms with E-state index >= 15 is 0 Å². The SMILES string of the molecule is O=C(O)Cc1ccc(N2CCOCC2=O)cc1. The molecule has 90 valence electrons. The summed E-state index contributed by atoms with van der Waals surface area (Å²) < 4.78 is 5.04. The van der Waals surface area contributed by atoms with Gasteiger partial charge in [-0.15, -0.1) is 0 Å². The summed E-state index contributed by atoms with van der Waals surface area (Å²) in [6, 6.07) is 6.99. The molecular weight excluding hydrogens is 222 g/mol. The molecule has 5 nitrogen and oxygen atoms in total. The number of benzene rings is 1. The number of ether oxygens (including phenoxy) is 1. The maximum Gasteiger partial charge on any atom is 0.307 e. The number of carbonyl (C=O) groups is 2. The third-order valence-corrected chi connectivity index (χ3v) is 2.59. The number of hydrogen-bond acceptors (Lipinski definition) is 3. The number of carboxylic acid groups (broad SMARTS) is 1. The fourth-order valence-electron chi connectivity index (χ4n) is 1.76. The van der Waals surface area contributed by atoms with Gasteiger partial charge in [0.05, 0.1) is 13.0 Å². The van der Waals surface area contributed by atoms with E-state index in [1.165, 1.54) is 0 Å². The molecule has 1 amide bonds. The van der Waals surface area contributed by atoms with Gasteiger partial charge in [-0.1, -0.05) is 12.1 Å². The first-order valence-electron chi connectivity index (χ1n) is 5.35. The molecule has 0 spiro atoms.